The minimum absolute atomic E-state index is 0.219. The first kappa shape index (κ1) is 13.5. The van der Waals surface area contributed by atoms with Gasteiger partial charge in [0.1, 0.15) is 0 Å². The van der Waals surface area contributed by atoms with Crippen LogP contribution in [-0.4, -0.2) is 31.9 Å². The van der Waals surface area contributed by atoms with Gasteiger partial charge >= 0.3 is 0 Å². The topological polar surface area (TPSA) is 51.0 Å². The van der Waals surface area contributed by atoms with E-state index in [1.54, 1.807) is 11.3 Å². The van der Waals surface area contributed by atoms with Crippen LogP contribution in [0.1, 0.15) is 17.7 Å². The molecule has 3 aromatic rings. The van der Waals surface area contributed by atoms with Gasteiger partial charge in [-0.15, -0.1) is 11.3 Å². The molecule has 0 unspecified atom stereocenters. The molecule has 4 rings (SSSR count). The third-order valence-corrected chi connectivity index (χ3v) is 4.93. The largest absolute Gasteiger partial charge is 0.335 e. The quantitative estimate of drug-likeness (QED) is 0.746. The van der Waals surface area contributed by atoms with Gasteiger partial charge in [-0.25, -0.2) is 9.97 Å². The van der Waals surface area contributed by atoms with Gasteiger partial charge < -0.3 is 9.47 Å². The second-order valence-corrected chi connectivity index (χ2v) is 6.43. The Bertz CT molecular complexity index is 822. The Balaban J connectivity index is 1.40. The normalized spacial score (nSPS) is 14.3. The van der Waals surface area contributed by atoms with Crippen molar-refractivity contribution in [1.82, 2.24) is 19.4 Å². The van der Waals surface area contributed by atoms with Crippen LogP contribution in [0.4, 0.5) is 0 Å². The highest BCUT2D eigenvalue weighted by Crippen LogP contribution is 2.20. The van der Waals surface area contributed by atoms with Crippen LogP contribution in [0.2, 0.25) is 0 Å². The molecule has 0 spiro atoms. The van der Waals surface area contributed by atoms with E-state index in [4.69, 9.17) is 0 Å². The number of aromatic nitrogens is 3. The number of amides is 1. The molecule has 1 aliphatic heterocycles. The zero-order chi connectivity index (χ0) is 14.9. The fraction of sp³-hybridized carbons (Fsp3) is 0.312. The van der Waals surface area contributed by atoms with Crippen LogP contribution >= 0.6 is 11.3 Å². The third kappa shape index (κ3) is 2.50. The van der Waals surface area contributed by atoms with E-state index in [-0.39, 0.29) is 5.91 Å². The molecule has 112 valence electrons. The van der Waals surface area contributed by atoms with E-state index >= 15 is 0 Å². The van der Waals surface area contributed by atoms with Crippen LogP contribution in [0.3, 0.4) is 0 Å². The van der Waals surface area contributed by atoms with E-state index in [2.05, 4.69) is 26.7 Å². The van der Waals surface area contributed by atoms with Crippen LogP contribution in [0.25, 0.3) is 10.2 Å². The van der Waals surface area contributed by atoms with Crippen LogP contribution < -0.4 is 0 Å². The number of rotatable bonds is 3. The van der Waals surface area contributed by atoms with Gasteiger partial charge in [-0.1, -0.05) is 6.07 Å². The molecule has 1 amide bonds. The molecule has 3 heterocycles. The molecule has 0 fully saturated rings. The molecule has 0 aliphatic carbocycles. The van der Waals surface area contributed by atoms with Gasteiger partial charge in [0, 0.05) is 25.7 Å². The summed E-state index contributed by atoms with van der Waals surface area (Å²) in [4.78, 5) is 22.8. The molecule has 0 radical (unpaired) electrons. The van der Waals surface area contributed by atoms with Crippen molar-refractivity contribution in [3.05, 3.63) is 47.5 Å². The maximum Gasteiger partial charge on any atom is 0.223 e. The highest BCUT2D eigenvalue weighted by molar-refractivity contribution is 7.16. The number of thiazole rings is 1. The smallest absolute Gasteiger partial charge is 0.223 e. The number of carbonyl (C=O) groups is 1. The highest BCUT2D eigenvalue weighted by Gasteiger charge is 2.20. The molecule has 0 saturated heterocycles. The molecule has 5 nitrogen and oxygen atoms in total. The Labute approximate surface area is 132 Å². The number of aryl methyl sites for hydroxylation is 1. The van der Waals surface area contributed by atoms with Crippen LogP contribution in [0, 0.1) is 0 Å². The summed E-state index contributed by atoms with van der Waals surface area (Å²) in [6.07, 6.45) is 5.01. The van der Waals surface area contributed by atoms with Gasteiger partial charge in [0.05, 0.1) is 34.3 Å². The van der Waals surface area contributed by atoms with Crippen LogP contribution in [0.5, 0.6) is 0 Å². The molecule has 2 aromatic heterocycles. The summed E-state index contributed by atoms with van der Waals surface area (Å²) >= 11 is 1.64. The second-order valence-electron chi connectivity index (χ2n) is 5.55. The number of nitrogens with zero attached hydrogens (tertiary/aromatic N) is 4. The summed E-state index contributed by atoms with van der Waals surface area (Å²) in [5.41, 5.74) is 5.21. The lowest BCUT2D eigenvalue weighted by molar-refractivity contribution is -0.132. The van der Waals surface area contributed by atoms with Crippen molar-refractivity contribution in [2.24, 2.45) is 0 Å². The monoisotopic (exact) mass is 312 g/mol. The van der Waals surface area contributed by atoms with Gasteiger partial charge in [0.25, 0.3) is 0 Å². The molecule has 1 aromatic carbocycles. The first-order valence-corrected chi connectivity index (χ1v) is 8.26. The van der Waals surface area contributed by atoms with E-state index in [9.17, 15) is 4.79 Å². The predicted molar refractivity (Wildman–Crippen MR) is 85.6 cm³/mol. The lowest BCUT2D eigenvalue weighted by Crippen LogP contribution is -2.37. The van der Waals surface area contributed by atoms with E-state index in [1.165, 1.54) is 10.3 Å². The van der Waals surface area contributed by atoms with Gasteiger partial charge in [0.15, 0.2) is 0 Å². The standard InChI is InChI=1S/C16H16N4OS/c21-16(19-5-6-20-10-17-8-13(20)9-19)4-2-12-1-3-14-15(7-12)22-11-18-14/h1,3,7-8,10-11H,2,4-6,9H2. The Morgan fingerprint density at radius 3 is 3.23 bits per heavy atom. The van der Waals surface area contributed by atoms with Crippen molar-refractivity contribution in [2.45, 2.75) is 25.9 Å². The predicted octanol–water partition coefficient (Wildman–Crippen LogP) is 2.47. The van der Waals surface area contributed by atoms with E-state index in [1.807, 2.05) is 29.0 Å². The van der Waals surface area contributed by atoms with Crippen molar-refractivity contribution in [3.8, 4) is 0 Å². The summed E-state index contributed by atoms with van der Waals surface area (Å²) in [7, 11) is 0. The average molecular weight is 312 g/mol. The number of carbonyl (C=O) groups excluding carboxylic acids is 1. The minimum atomic E-state index is 0.219. The Morgan fingerprint density at radius 1 is 1.32 bits per heavy atom. The van der Waals surface area contributed by atoms with Gasteiger partial charge in [-0.2, -0.15) is 0 Å². The molecule has 22 heavy (non-hydrogen) atoms. The lowest BCUT2D eigenvalue weighted by Gasteiger charge is -2.28. The number of imidazole rings is 1. The first-order valence-electron chi connectivity index (χ1n) is 7.38. The lowest BCUT2D eigenvalue weighted by atomic mass is 10.1. The van der Waals surface area contributed by atoms with E-state index < -0.39 is 0 Å². The van der Waals surface area contributed by atoms with Crippen LogP contribution in [-0.2, 0) is 24.3 Å². The zero-order valence-corrected chi connectivity index (χ0v) is 12.9. The Kier molecular flexibility index (Phi) is 3.38. The number of benzene rings is 1. The molecule has 0 N–H and O–H groups in total. The van der Waals surface area contributed by atoms with Gasteiger partial charge in [-0.3, -0.25) is 4.79 Å². The average Bonchev–Trinajstić information content (AvgIpc) is 3.19. The fourth-order valence-electron chi connectivity index (χ4n) is 2.86. The van der Waals surface area contributed by atoms with E-state index in [0.29, 0.717) is 13.0 Å². The van der Waals surface area contributed by atoms with Crippen molar-refractivity contribution < 1.29 is 4.79 Å². The number of fused-ring (bicyclic) bond motifs is 2. The summed E-state index contributed by atoms with van der Waals surface area (Å²) < 4.78 is 3.30. The fourth-order valence-corrected chi connectivity index (χ4v) is 3.60. The highest BCUT2D eigenvalue weighted by atomic mass is 32.1. The molecular formula is C16H16N4OS. The first-order chi connectivity index (χ1) is 10.8. The Hall–Kier alpha value is -2.21. The number of hydrogen-bond donors (Lipinski definition) is 0. The maximum absolute atomic E-state index is 12.4. The molecule has 6 heteroatoms. The van der Waals surface area contributed by atoms with E-state index in [0.717, 1.165) is 30.7 Å². The second kappa shape index (κ2) is 5.53. The minimum Gasteiger partial charge on any atom is -0.335 e. The van der Waals surface area contributed by atoms with Crippen molar-refractivity contribution in [3.63, 3.8) is 0 Å². The summed E-state index contributed by atoms with van der Waals surface area (Å²) in [5.74, 6) is 0.219. The molecule has 1 aliphatic rings. The van der Waals surface area contributed by atoms with Crippen molar-refractivity contribution in [1.29, 1.82) is 0 Å². The van der Waals surface area contributed by atoms with Gasteiger partial charge in [-0.05, 0) is 24.1 Å². The SMILES string of the molecule is O=C(CCc1ccc2ncsc2c1)N1CCn2cncc2C1. The Morgan fingerprint density at radius 2 is 2.27 bits per heavy atom. The molecular weight excluding hydrogens is 296 g/mol. The molecule has 0 saturated carbocycles. The summed E-state index contributed by atoms with van der Waals surface area (Å²) in [6.45, 7) is 2.29. The zero-order valence-electron chi connectivity index (χ0n) is 12.1. The maximum atomic E-state index is 12.4. The third-order valence-electron chi connectivity index (χ3n) is 4.14. The van der Waals surface area contributed by atoms with Gasteiger partial charge in [0.2, 0.25) is 5.91 Å². The van der Waals surface area contributed by atoms with Crippen LogP contribution in [0.15, 0.2) is 36.2 Å². The number of hydrogen-bond acceptors (Lipinski definition) is 4. The molecule has 0 bridgehead atoms. The molecule has 0 atom stereocenters. The summed E-state index contributed by atoms with van der Waals surface area (Å²) in [6, 6.07) is 6.25. The van der Waals surface area contributed by atoms with Crippen molar-refractivity contribution >= 4 is 27.5 Å². The summed E-state index contributed by atoms with van der Waals surface area (Å²) in [5, 5.41) is 0. The van der Waals surface area contributed by atoms with Crippen molar-refractivity contribution in [2.75, 3.05) is 6.54 Å².